The molecule has 1 aromatic carbocycles. The lowest BCUT2D eigenvalue weighted by Gasteiger charge is -2.15. The largest absolute Gasteiger partial charge is 0.489 e. The molecule has 0 saturated heterocycles. The van der Waals surface area contributed by atoms with Crippen molar-refractivity contribution in [2.75, 3.05) is 13.2 Å². The third-order valence-corrected chi connectivity index (χ3v) is 3.23. The van der Waals surface area contributed by atoms with E-state index in [0.717, 1.165) is 24.8 Å². The second kappa shape index (κ2) is 8.76. The van der Waals surface area contributed by atoms with E-state index in [2.05, 4.69) is 37.9 Å². The Kier molecular flexibility index (Phi) is 7.19. The zero-order valence-electron chi connectivity index (χ0n) is 11.6. The smallest absolute Gasteiger partial charge is 0.124 e. The van der Waals surface area contributed by atoms with Crippen LogP contribution in [-0.2, 0) is 6.54 Å². The first-order valence-electron chi connectivity index (χ1n) is 6.84. The fourth-order valence-electron chi connectivity index (χ4n) is 1.93. The molecular weight excluding hydrogens is 222 g/mol. The number of hydrogen-bond donors (Lipinski definition) is 1. The monoisotopic (exact) mass is 247 g/mol. The second-order valence-electron chi connectivity index (χ2n) is 4.52. The highest BCUT2D eigenvalue weighted by Crippen LogP contribution is 2.18. The molecule has 0 spiro atoms. The predicted octanol–water partition coefficient (Wildman–Crippen LogP) is 3.78. The van der Waals surface area contributed by atoms with Crippen LogP contribution < -0.4 is 10.1 Å². The normalized spacial score (nSPS) is 10.6. The van der Waals surface area contributed by atoms with Crippen LogP contribution in [0, 0.1) is 5.92 Å². The van der Waals surface area contributed by atoms with E-state index in [1.165, 1.54) is 18.4 Å². The Hall–Kier alpha value is -1.28. The molecule has 0 radical (unpaired) electrons. The summed E-state index contributed by atoms with van der Waals surface area (Å²) in [7, 11) is 0. The molecule has 0 fully saturated rings. The van der Waals surface area contributed by atoms with Crippen LogP contribution in [0.3, 0.4) is 0 Å². The summed E-state index contributed by atoms with van der Waals surface area (Å²) in [4.78, 5) is 0. The Balaban J connectivity index is 2.47. The topological polar surface area (TPSA) is 21.3 Å². The number of benzene rings is 1. The average molecular weight is 247 g/mol. The second-order valence-corrected chi connectivity index (χ2v) is 4.52. The Morgan fingerprint density at radius 2 is 2.00 bits per heavy atom. The molecule has 0 unspecified atom stereocenters. The molecule has 2 nitrogen and oxygen atoms in total. The van der Waals surface area contributed by atoms with Crippen molar-refractivity contribution in [2.45, 2.75) is 33.2 Å². The van der Waals surface area contributed by atoms with Gasteiger partial charge in [0.1, 0.15) is 12.4 Å². The molecule has 0 aromatic heterocycles. The van der Waals surface area contributed by atoms with Crippen molar-refractivity contribution in [1.82, 2.24) is 5.32 Å². The Morgan fingerprint density at radius 3 is 2.67 bits per heavy atom. The number of hydrogen-bond acceptors (Lipinski definition) is 2. The molecule has 1 rings (SSSR count). The van der Waals surface area contributed by atoms with Gasteiger partial charge in [0.2, 0.25) is 0 Å². The molecule has 100 valence electrons. The van der Waals surface area contributed by atoms with Crippen molar-refractivity contribution in [3.05, 3.63) is 42.5 Å². The van der Waals surface area contributed by atoms with Gasteiger partial charge in [-0.25, -0.2) is 0 Å². The minimum absolute atomic E-state index is 0.559. The van der Waals surface area contributed by atoms with Crippen LogP contribution in [0.15, 0.2) is 36.9 Å². The minimum Gasteiger partial charge on any atom is -0.489 e. The average Bonchev–Trinajstić information content (AvgIpc) is 2.42. The minimum atomic E-state index is 0.559. The van der Waals surface area contributed by atoms with Crippen LogP contribution in [0.5, 0.6) is 5.75 Å². The van der Waals surface area contributed by atoms with Gasteiger partial charge in [0.15, 0.2) is 0 Å². The van der Waals surface area contributed by atoms with Gasteiger partial charge in [0.05, 0.1) is 0 Å². The van der Waals surface area contributed by atoms with Crippen LogP contribution in [0.4, 0.5) is 0 Å². The quantitative estimate of drug-likeness (QED) is 0.671. The lowest BCUT2D eigenvalue weighted by atomic mass is 10.0. The molecule has 0 bridgehead atoms. The zero-order chi connectivity index (χ0) is 13.2. The van der Waals surface area contributed by atoms with Crippen molar-refractivity contribution in [2.24, 2.45) is 5.92 Å². The third kappa shape index (κ3) is 4.92. The summed E-state index contributed by atoms with van der Waals surface area (Å²) < 4.78 is 5.64. The first-order valence-corrected chi connectivity index (χ1v) is 6.84. The van der Waals surface area contributed by atoms with Gasteiger partial charge in [0, 0.05) is 12.1 Å². The highest BCUT2D eigenvalue weighted by atomic mass is 16.5. The molecular formula is C16H25NO. The molecule has 0 aliphatic carbocycles. The van der Waals surface area contributed by atoms with E-state index < -0.39 is 0 Å². The molecule has 2 heteroatoms. The van der Waals surface area contributed by atoms with Crippen molar-refractivity contribution in [1.29, 1.82) is 0 Å². The fraction of sp³-hybridized carbons (Fsp3) is 0.500. The number of rotatable bonds is 9. The summed E-state index contributed by atoms with van der Waals surface area (Å²) in [5.41, 5.74) is 1.21. The molecule has 1 aromatic rings. The Bertz CT molecular complexity index is 345. The van der Waals surface area contributed by atoms with Crippen LogP contribution >= 0.6 is 0 Å². The van der Waals surface area contributed by atoms with E-state index in [-0.39, 0.29) is 0 Å². The lowest BCUT2D eigenvalue weighted by molar-refractivity contribution is 0.356. The first-order chi connectivity index (χ1) is 8.81. The first kappa shape index (κ1) is 14.8. The SMILES string of the molecule is C=CCOc1ccccc1CNCC(CC)CC. The van der Waals surface area contributed by atoms with Gasteiger partial charge in [-0.2, -0.15) is 0 Å². The van der Waals surface area contributed by atoms with Crippen LogP contribution in [0.25, 0.3) is 0 Å². The molecule has 0 aliphatic rings. The number of ether oxygens (including phenoxy) is 1. The van der Waals surface area contributed by atoms with E-state index in [1.54, 1.807) is 6.08 Å². The van der Waals surface area contributed by atoms with Crippen molar-refractivity contribution >= 4 is 0 Å². The van der Waals surface area contributed by atoms with E-state index in [4.69, 9.17) is 4.74 Å². The van der Waals surface area contributed by atoms with Crippen molar-refractivity contribution in [3.63, 3.8) is 0 Å². The summed E-state index contributed by atoms with van der Waals surface area (Å²) in [5.74, 6) is 1.72. The van der Waals surface area contributed by atoms with Gasteiger partial charge in [-0.1, -0.05) is 57.5 Å². The summed E-state index contributed by atoms with van der Waals surface area (Å²) in [6, 6.07) is 8.17. The van der Waals surface area contributed by atoms with E-state index >= 15 is 0 Å². The molecule has 18 heavy (non-hydrogen) atoms. The van der Waals surface area contributed by atoms with Gasteiger partial charge in [-0.15, -0.1) is 0 Å². The van der Waals surface area contributed by atoms with E-state index in [1.807, 2.05) is 12.1 Å². The summed E-state index contributed by atoms with van der Waals surface area (Å²) in [5, 5.41) is 3.51. The molecule has 0 amide bonds. The maximum atomic E-state index is 5.64. The van der Waals surface area contributed by atoms with Crippen molar-refractivity contribution in [3.8, 4) is 5.75 Å². The highest BCUT2D eigenvalue weighted by molar-refractivity contribution is 5.33. The standard InChI is InChI=1S/C16H25NO/c1-4-11-18-16-10-8-7-9-15(16)13-17-12-14(5-2)6-3/h4,7-10,14,17H,1,5-6,11-13H2,2-3H3. The summed E-state index contributed by atoms with van der Waals surface area (Å²) in [6.07, 6.45) is 4.24. The van der Waals surface area contributed by atoms with Gasteiger partial charge in [0.25, 0.3) is 0 Å². The van der Waals surface area contributed by atoms with Gasteiger partial charge < -0.3 is 10.1 Å². The maximum Gasteiger partial charge on any atom is 0.124 e. The fourth-order valence-corrected chi connectivity index (χ4v) is 1.93. The highest BCUT2D eigenvalue weighted by Gasteiger charge is 2.05. The Labute approximate surface area is 111 Å². The predicted molar refractivity (Wildman–Crippen MR) is 77.9 cm³/mol. The molecule has 0 heterocycles. The molecule has 0 aliphatic heterocycles. The summed E-state index contributed by atoms with van der Waals surface area (Å²) >= 11 is 0. The third-order valence-electron chi connectivity index (χ3n) is 3.23. The van der Waals surface area contributed by atoms with Crippen molar-refractivity contribution < 1.29 is 4.74 Å². The van der Waals surface area contributed by atoms with E-state index in [0.29, 0.717) is 6.61 Å². The molecule has 1 N–H and O–H groups in total. The maximum absolute atomic E-state index is 5.64. The molecule has 0 saturated carbocycles. The van der Waals surface area contributed by atoms with Crippen LogP contribution in [0.1, 0.15) is 32.3 Å². The number of nitrogens with one attached hydrogen (secondary N) is 1. The van der Waals surface area contributed by atoms with Gasteiger partial charge in [-0.3, -0.25) is 0 Å². The van der Waals surface area contributed by atoms with Crippen LogP contribution in [-0.4, -0.2) is 13.2 Å². The van der Waals surface area contributed by atoms with Gasteiger partial charge in [-0.05, 0) is 18.5 Å². The zero-order valence-corrected chi connectivity index (χ0v) is 11.6. The lowest BCUT2D eigenvalue weighted by Crippen LogP contribution is -2.22. The van der Waals surface area contributed by atoms with E-state index in [9.17, 15) is 0 Å². The molecule has 0 atom stereocenters. The van der Waals surface area contributed by atoms with Gasteiger partial charge >= 0.3 is 0 Å². The summed E-state index contributed by atoms with van der Waals surface area (Å²) in [6.45, 7) is 10.7. The van der Waals surface area contributed by atoms with Crippen LogP contribution in [0.2, 0.25) is 0 Å². The number of para-hydroxylation sites is 1. The Morgan fingerprint density at radius 1 is 1.28 bits per heavy atom.